The number of aliphatic imine (C=N–C) groups is 1. The molecule has 1 aromatic rings. The van der Waals surface area contributed by atoms with Gasteiger partial charge in [-0.15, -0.1) is 0 Å². The minimum Gasteiger partial charge on any atom is -0.379 e. The molecule has 0 aromatic heterocycles. The molecular formula is C18H28ClN5O. The summed E-state index contributed by atoms with van der Waals surface area (Å²) in [5, 5.41) is 0.774. The minimum atomic E-state index is 0.678. The third-order valence-electron chi connectivity index (χ3n) is 4.81. The average molecular weight is 366 g/mol. The van der Waals surface area contributed by atoms with Gasteiger partial charge < -0.3 is 20.3 Å². The van der Waals surface area contributed by atoms with Crippen molar-refractivity contribution < 1.29 is 4.74 Å². The lowest BCUT2D eigenvalue weighted by atomic mass is 10.2. The van der Waals surface area contributed by atoms with E-state index in [0.29, 0.717) is 5.96 Å². The lowest BCUT2D eigenvalue weighted by Crippen LogP contribution is -2.51. The standard InChI is InChI=1S/C18H28ClN5O/c19-16-2-4-17(5-3-16)23-8-10-24(11-9-23)18(20)21-6-1-7-22-12-14-25-15-13-22/h2-5H,1,6-15H2,(H2,20,21). The molecule has 0 spiro atoms. The van der Waals surface area contributed by atoms with Gasteiger partial charge in [-0.2, -0.15) is 0 Å². The topological polar surface area (TPSA) is 57.3 Å². The summed E-state index contributed by atoms with van der Waals surface area (Å²) < 4.78 is 5.36. The maximum absolute atomic E-state index is 6.18. The Morgan fingerprint density at radius 3 is 2.40 bits per heavy atom. The number of guanidine groups is 1. The summed E-state index contributed by atoms with van der Waals surface area (Å²) >= 11 is 5.96. The van der Waals surface area contributed by atoms with Crippen molar-refractivity contribution in [2.45, 2.75) is 6.42 Å². The second kappa shape index (κ2) is 9.27. The fourth-order valence-electron chi connectivity index (χ4n) is 3.26. The fraction of sp³-hybridized carbons (Fsp3) is 0.611. The van der Waals surface area contributed by atoms with Crippen molar-refractivity contribution in [2.24, 2.45) is 10.7 Å². The number of piperazine rings is 1. The molecule has 2 aliphatic rings. The molecule has 6 nitrogen and oxygen atoms in total. The third-order valence-corrected chi connectivity index (χ3v) is 5.06. The Hall–Kier alpha value is -1.50. The lowest BCUT2D eigenvalue weighted by molar-refractivity contribution is 0.0377. The van der Waals surface area contributed by atoms with Crippen molar-refractivity contribution in [1.29, 1.82) is 0 Å². The predicted molar refractivity (Wildman–Crippen MR) is 104 cm³/mol. The van der Waals surface area contributed by atoms with Gasteiger partial charge in [-0.25, -0.2) is 0 Å². The van der Waals surface area contributed by atoms with Crippen molar-refractivity contribution in [2.75, 3.05) is 70.5 Å². The van der Waals surface area contributed by atoms with Crippen LogP contribution in [0.4, 0.5) is 5.69 Å². The van der Waals surface area contributed by atoms with Gasteiger partial charge in [-0.05, 0) is 30.7 Å². The van der Waals surface area contributed by atoms with Gasteiger partial charge in [0.15, 0.2) is 5.96 Å². The van der Waals surface area contributed by atoms with E-state index in [4.69, 9.17) is 22.1 Å². The van der Waals surface area contributed by atoms with Crippen molar-refractivity contribution in [1.82, 2.24) is 9.80 Å². The van der Waals surface area contributed by atoms with Crippen molar-refractivity contribution in [3.05, 3.63) is 29.3 Å². The number of hydrogen-bond donors (Lipinski definition) is 1. The predicted octanol–water partition coefficient (Wildman–Crippen LogP) is 1.50. The molecule has 138 valence electrons. The molecule has 0 radical (unpaired) electrons. The summed E-state index contributed by atoms with van der Waals surface area (Å²) in [4.78, 5) is 11.5. The number of nitrogens with zero attached hydrogens (tertiary/aromatic N) is 4. The Bertz CT molecular complexity index is 551. The molecule has 2 saturated heterocycles. The van der Waals surface area contributed by atoms with E-state index < -0.39 is 0 Å². The van der Waals surface area contributed by atoms with Crippen LogP contribution >= 0.6 is 11.6 Å². The van der Waals surface area contributed by atoms with Crippen LogP contribution in [0.25, 0.3) is 0 Å². The van der Waals surface area contributed by atoms with Gasteiger partial charge in [0.05, 0.1) is 13.2 Å². The second-order valence-corrected chi connectivity index (χ2v) is 6.93. The van der Waals surface area contributed by atoms with E-state index in [2.05, 4.69) is 31.8 Å². The van der Waals surface area contributed by atoms with Gasteiger partial charge in [0.25, 0.3) is 0 Å². The zero-order valence-corrected chi connectivity index (χ0v) is 15.5. The van der Waals surface area contributed by atoms with Gasteiger partial charge in [-0.3, -0.25) is 9.89 Å². The zero-order valence-electron chi connectivity index (χ0n) is 14.7. The van der Waals surface area contributed by atoms with Crippen LogP contribution in [0.5, 0.6) is 0 Å². The van der Waals surface area contributed by atoms with Gasteiger partial charge in [-0.1, -0.05) is 11.6 Å². The van der Waals surface area contributed by atoms with Crippen LogP contribution in [0, 0.1) is 0 Å². The number of halogens is 1. The maximum Gasteiger partial charge on any atom is 0.191 e. The molecule has 0 aliphatic carbocycles. The molecule has 2 heterocycles. The van der Waals surface area contributed by atoms with E-state index in [-0.39, 0.29) is 0 Å². The third kappa shape index (κ3) is 5.49. The highest BCUT2D eigenvalue weighted by molar-refractivity contribution is 6.30. The molecule has 2 fully saturated rings. The molecular weight excluding hydrogens is 338 g/mol. The quantitative estimate of drug-likeness (QED) is 0.487. The Labute approximate surface area is 155 Å². The van der Waals surface area contributed by atoms with Crippen LogP contribution in [0.2, 0.25) is 5.02 Å². The Kier molecular flexibility index (Phi) is 6.78. The Balaban J connectivity index is 1.38. The summed E-state index contributed by atoms with van der Waals surface area (Å²) in [5.74, 6) is 0.678. The first-order valence-electron chi connectivity index (χ1n) is 9.08. The van der Waals surface area contributed by atoms with E-state index in [1.165, 1.54) is 5.69 Å². The highest BCUT2D eigenvalue weighted by Crippen LogP contribution is 2.19. The van der Waals surface area contributed by atoms with E-state index in [9.17, 15) is 0 Å². The molecule has 0 saturated carbocycles. The number of hydrogen-bond acceptors (Lipinski definition) is 4. The average Bonchev–Trinajstić information content (AvgIpc) is 2.67. The zero-order chi connectivity index (χ0) is 17.5. The van der Waals surface area contributed by atoms with Crippen LogP contribution in [0.15, 0.2) is 29.3 Å². The molecule has 3 rings (SSSR count). The Morgan fingerprint density at radius 1 is 1.04 bits per heavy atom. The summed E-state index contributed by atoms with van der Waals surface area (Å²) in [6.07, 6.45) is 1.05. The number of ether oxygens (including phenoxy) is 1. The first-order chi connectivity index (χ1) is 12.2. The largest absolute Gasteiger partial charge is 0.379 e. The Morgan fingerprint density at radius 2 is 1.72 bits per heavy atom. The van der Waals surface area contributed by atoms with E-state index >= 15 is 0 Å². The normalized spacial score (nSPS) is 20.1. The van der Waals surface area contributed by atoms with Gasteiger partial charge >= 0.3 is 0 Å². The molecule has 25 heavy (non-hydrogen) atoms. The number of nitrogens with two attached hydrogens (primary N) is 1. The second-order valence-electron chi connectivity index (χ2n) is 6.50. The smallest absolute Gasteiger partial charge is 0.191 e. The van der Waals surface area contributed by atoms with Gasteiger partial charge in [0, 0.05) is 63.1 Å². The van der Waals surface area contributed by atoms with Gasteiger partial charge in [0.2, 0.25) is 0 Å². The summed E-state index contributed by atoms with van der Waals surface area (Å²) in [6.45, 7) is 9.34. The van der Waals surface area contributed by atoms with Crippen LogP contribution in [-0.4, -0.2) is 81.3 Å². The molecule has 7 heteroatoms. The van der Waals surface area contributed by atoms with Crippen LogP contribution < -0.4 is 10.6 Å². The van der Waals surface area contributed by atoms with E-state index in [1.54, 1.807) is 0 Å². The SMILES string of the molecule is NC(=NCCCN1CCOCC1)N1CCN(c2ccc(Cl)cc2)CC1. The monoisotopic (exact) mass is 365 g/mol. The first-order valence-corrected chi connectivity index (χ1v) is 9.45. The summed E-state index contributed by atoms with van der Waals surface area (Å²) in [5.41, 5.74) is 7.39. The summed E-state index contributed by atoms with van der Waals surface area (Å²) in [6, 6.07) is 8.02. The highest BCUT2D eigenvalue weighted by Gasteiger charge is 2.18. The number of rotatable bonds is 5. The van der Waals surface area contributed by atoms with Crippen LogP contribution in [0.1, 0.15) is 6.42 Å². The van der Waals surface area contributed by atoms with Crippen molar-refractivity contribution in [3.63, 3.8) is 0 Å². The molecule has 0 amide bonds. The highest BCUT2D eigenvalue weighted by atomic mass is 35.5. The lowest BCUT2D eigenvalue weighted by Gasteiger charge is -2.36. The van der Waals surface area contributed by atoms with Crippen molar-refractivity contribution in [3.8, 4) is 0 Å². The van der Waals surface area contributed by atoms with Crippen molar-refractivity contribution >= 4 is 23.2 Å². The van der Waals surface area contributed by atoms with E-state index in [1.807, 2.05) is 12.1 Å². The molecule has 0 unspecified atom stereocenters. The molecule has 0 atom stereocenters. The molecule has 0 bridgehead atoms. The molecule has 1 aromatic carbocycles. The van der Waals surface area contributed by atoms with Gasteiger partial charge in [0.1, 0.15) is 0 Å². The van der Waals surface area contributed by atoms with Crippen LogP contribution in [0.3, 0.4) is 0 Å². The molecule has 2 N–H and O–H groups in total. The fourth-order valence-corrected chi connectivity index (χ4v) is 3.38. The minimum absolute atomic E-state index is 0.678. The molecule has 2 aliphatic heterocycles. The first kappa shape index (κ1) is 18.3. The van der Waals surface area contributed by atoms with Crippen LogP contribution in [-0.2, 0) is 4.74 Å². The number of benzene rings is 1. The maximum atomic E-state index is 6.18. The number of anilines is 1. The number of morpholine rings is 1. The summed E-state index contributed by atoms with van der Waals surface area (Å²) in [7, 11) is 0. The van der Waals surface area contributed by atoms with E-state index in [0.717, 1.165) is 77.0 Å².